The topological polar surface area (TPSA) is 80.1 Å². The molecule has 0 spiro atoms. The number of likely N-dealkylation sites (tertiary alicyclic amines) is 1. The van der Waals surface area contributed by atoms with E-state index in [0.29, 0.717) is 33.1 Å². The molecule has 7 nitrogen and oxygen atoms in total. The lowest BCUT2D eigenvalue weighted by Crippen LogP contribution is -2.46. The maximum absolute atomic E-state index is 13.5. The number of benzene rings is 2. The van der Waals surface area contributed by atoms with E-state index in [1.807, 2.05) is 30.3 Å². The maximum Gasteiger partial charge on any atom is 0.304 e. The largest absolute Gasteiger partial charge is 0.489 e. The molecule has 3 fully saturated rings. The summed E-state index contributed by atoms with van der Waals surface area (Å²) in [5, 5.41) is 0.692. The van der Waals surface area contributed by atoms with Crippen LogP contribution in [0.3, 0.4) is 0 Å². The smallest absolute Gasteiger partial charge is 0.304 e. The molecule has 1 aliphatic carbocycles. The number of hydrogen-bond acceptors (Lipinski definition) is 6. The van der Waals surface area contributed by atoms with E-state index in [0.717, 1.165) is 42.4 Å². The Bertz CT molecular complexity index is 1360. The van der Waals surface area contributed by atoms with Crippen molar-refractivity contribution < 1.29 is 23.5 Å². The molecule has 1 saturated carbocycles. The summed E-state index contributed by atoms with van der Waals surface area (Å²) >= 11 is 5.58. The summed E-state index contributed by atoms with van der Waals surface area (Å²) in [6.45, 7) is 2.30. The Morgan fingerprint density at radius 3 is 2.49 bits per heavy atom. The van der Waals surface area contributed by atoms with Crippen LogP contribution < -0.4 is 4.74 Å². The molecular weight excluding hydrogens is 512 g/mol. The molecule has 0 unspecified atom stereocenters. The van der Waals surface area contributed by atoms with E-state index in [1.165, 1.54) is 19.3 Å². The lowest BCUT2D eigenvalue weighted by Gasteiger charge is -2.41. The Hall–Kier alpha value is -2.81. The average molecular weight is 543 g/mol. The molecule has 0 atom stereocenters. The second-order valence-corrected chi connectivity index (χ2v) is 12.4. The standard InChI is InChI=1S/C28H31ClN2O5S/c29-21-15-20-22(16-23(21)35-19-9-11-30(12-10-19)18-7-4-8-18)36-25(24(20)17-5-2-1-3-6-17)26(32)31-13-14-37-28(34)27(31)33/h1-3,5-6,15-16,18-19H,4,7-14H2,37H4. The second kappa shape index (κ2) is 10.2. The van der Waals surface area contributed by atoms with E-state index in [-0.39, 0.29) is 18.4 Å². The lowest BCUT2D eigenvalue weighted by atomic mass is 9.90. The van der Waals surface area contributed by atoms with Crippen LogP contribution in [0.25, 0.3) is 22.1 Å². The number of imide groups is 1. The van der Waals surface area contributed by atoms with Crippen LogP contribution in [0.5, 0.6) is 5.75 Å². The van der Waals surface area contributed by atoms with Crippen molar-refractivity contribution in [3.8, 4) is 16.9 Å². The van der Waals surface area contributed by atoms with Gasteiger partial charge in [0.1, 0.15) is 17.4 Å². The monoisotopic (exact) mass is 542 g/mol. The minimum atomic E-state index is -1.12. The third-order valence-electron chi connectivity index (χ3n) is 7.87. The molecule has 2 saturated heterocycles. The molecule has 2 amide bonds. The van der Waals surface area contributed by atoms with Gasteiger partial charge in [-0.2, -0.15) is 0 Å². The Kier molecular flexibility index (Phi) is 6.73. The van der Waals surface area contributed by atoms with Crippen LogP contribution in [-0.2, 0) is 9.59 Å². The van der Waals surface area contributed by atoms with Crippen LogP contribution in [0.2, 0.25) is 5.02 Å². The summed E-state index contributed by atoms with van der Waals surface area (Å²) in [6, 6.07) is 13.7. The second-order valence-electron chi connectivity index (χ2n) is 10.2. The van der Waals surface area contributed by atoms with Crippen molar-refractivity contribution in [1.29, 1.82) is 0 Å². The highest BCUT2D eigenvalue weighted by Gasteiger charge is 2.35. The zero-order valence-electron chi connectivity index (χ0n) is 20.6. The molecular formula is C28H31ClN2O5S. The summed E-state index contributed by atoms with van der Waals surface area (Å²) in [7, 11) is 0. The fourth-order valence-corrected chi connectivity index (χ4v) is 7.00. The van der Waals surface area contributed by atoms with Gasteiger partial charge in [-0.15, -0.1) is 0 Å². The van der Waals surface area contributed by atoms with Gasteiger partial charge in [0, 0.05) is 42.7 Å². The fourth-order valence-electron chi connectivity index (χ4n) is 5.59. The zero-order chi connectivity index (χ0) is 25.5. The number of nitrogens with zero attached hydrogens (tertiary/aromatic N) is 2. The summed E-state index contributed by atoms with van der Waals surface area (Å²) in [5.74, 6) is -0.172. The quantitative estimate of drug-likeness (QED) is 0.353. The highest BCUT2D eigenvalue weighted by Crippen LogP contribution is 2.41. The predicted octanol–water partition coefficient (Wildman–Crippen LogP) is 4.32. The summed E-state index contributed by atoms with van der Waals surface area (Å²) in [4.78, 5) is 41.7. The van der Waals surface area contributed by atoms with Crippen molar-refractivity contribution in [3.63, 3.8) is 0 Å². The lowest BCUT2D eigenvalue weighted by molar-refractivity contribution is -0.138. The van der Waals surface area contributed by atoms with Gasteiger partial charge < -0.3 is 14.1 Å². The van der Waals surface area contributed by atoms with Crippen LogP contribution >= 0.6 is 23.4 Å². The number of rotatable bonds is 5. The molecule has 0 radical (unpaired) electrons. The highest BCUT2D eigenvalue weighted by atomic mass is 35.5. The van der Waals surface area contributed by atoms with Gasteiger partial charge in [0.15, 0.2) is 0 Å². The molecule has 37 heavy (non-hydrogen) atoms. The van der Waals surface area contributed by atoms with Crippen LogP contribution in [0, 0.1) is 0 Å². The Labute approximate surface area is 224 Å². The first-order valence-corrected chi connectivity index (χ1v) is 15.2. The molecule has 0 bridgehead atoms. The van der Waals surface area contributed by atoms with Crippen LogP contribution in [-0.4, -0.2) is 64.3 Å². The minimum absolute atomic E-state index is 0.0351. The van der Waals surface area contributed by atoms with E-state index in [9.17, 15) is 14.4 Å². The molecule has 3 heterocycles. The van der Waals surface area contributed by atoms with E-state index in [1.54, 1.807) is 12.1 Å². The first kappa shape index (κ1) is 24.5. The Morgan fingerprint density at radius 2 is 1.78 bits per heavy atom. The molecule has 2 aromatic carbocycles. The Morgan fingerprint density at radius 1 is 1.03 bits per heavy atom. The van der Waals surface area contributed by atoms with E-state index >= 15 is 0 Å². The molecule has 3 aliphatic rings. The predicted molar refractivity (Wildman–Crippen MR) is 149 cm³/mol. The van der Waals surface area contributed by atoms with Gasteiger partial charge in [0.05, 0.1) is 5.02 Å². The Balaban J connectivity index is 1.33. The molecule has 3 aromatic rings. The molecule has 2 aliphatic heterocycles. The summed E-state index contributed by atoms with van der Waals surface area (Å²) in [6.07, 6.45) is 5.89. The van der Waals surface area contributed by atoms with Gasteiger partial charge in [0.25, 0.3) is 5.91 Å². The molecule has 6 rings (SSSR count). The van der Waals surface area contributed by atoms with Gasteiger partial charge in [0.2, 0.25) is 10.9 Å². The van der Waals surface area contributed by atoms with E-state index in [2.05, 4.69) is 4.90 Å². The van der Waals surface area contributed by atoms with Crippen LogP contribution in [0.1, 0.15) is 42.7 Å². The number of piperidine rings is 1. The van der Waals surface area contributed by atoms with Gasteiger partial charge in [-0.05, 0) is 43.1 Å². The van der Waals surface area contributed by atoms with Crippen molar-refractivity contribution in [2.45, 2.75) is 44.2 Å². The number of fused-ring (bicyclic) bond motifs is 1. The van der Waals surface area contributed by atoms with Crippen LogP contribution in [0.15, 0.2) is 46.9 Å². The first-order chi connectivity index (χ1) is 18.0. The average Bonchev–Trinajstić information content (AvgIpc) is 3.24. The minimum Gasteiger partial charge on any atom is -0.489 e. The van der Waals surface area contributed by atoms with Crippen LogP contribution in [0.4, 0.5) is 0 Å². The van der Waals surface area contributed by atoms with Crippen molar-refractivity contribution in [2.75, 3.05) is 25.4 Å². The van der Waals surface area contributed by atoms with Crippen molar-refractivity contribution in [1.82, 2.24) is 9.80 Å². The van der Waals surface area contributed by atoms with E-state index in [4.69, 9.17) is 20.8 Å². The number of hydrogen-bond donors (Lipinski definition) is 0. The van der Waals surface area contributed by atoms with Gasteiger partial charge in [-0.1, -0.05) is 48.4 Å². The van der Waals surface area contributed by atoms with Gasteiger partial charge in [-0.25, -0.2) is 11.8 Å². The van der Waals surface area contributed by atoms with Crippen molar-refractivity contribution >= 4 is 51.3 Å². The SMILES string of the molecule is O=C1[SH4]CCN(C(=O)c2oc3cc(OC4CCN(C5CCC5)CC4)c(Cl)cc3c2-c2ccccc2)C1=O. The maximum atomic E-state index is 13.5. The van der Waals surface area contributed by atoms with Gasteiger partial charge >= 0.3 is 5.91 Å². The molecule has 196 valence electrons. The summed E-state index contributed by atoms with van der Waals surface area (Å²) in [5.41, 5.74) is 1.78. The number of amides is 2. The normalized spacial score (nSPS) is 20.1. The van der Waals surface area contributed by atoms with Gasteiger partial charge in [-0.3, -0.25) is 19.3 Å². The fraction of sp³-hybridized carbons (Fsp3) is 0.393. The molecule has 0 N–H and O–H groups in total. The third-order valence-corrected chi connectivity index (χ3v) is 9.60. The third kappa shape index (κ3) is 4.67. The zero-order valence-corrected chi connectivity index (χ0v) is 22.8. The first-order valence-electron chi connectivity index (χ1n) is 13.1. The number of furan rings is 1. The number of carbonyl (C=O) groups is 3. The highest BCUT2D eigenvalue weighted by molar-refractivity contribution is 8.15. The molecule has 9 heteroatoms. The van der Waals surface area contributed by atoms with Crippen molar-refractivity contribution in [2.24, 2.45) is 0 Å². The number of halogens is 1. The molecule has 1 aromatic heterocycles. The number of ether oxygens (including phenoxy) is 1. The number of carbonyl (C=O) groups excluding carboxylic acids is 3. The summed E-state index contributed by atoms with van der Waals surface area (Å²) < 4.78 is 12.4. The van der Waals surface area contributed by atoms with Crippen molar-refractivity contribution in [3.05, 3.63) is 53.2 Å². The van der Waals surface area contributed by atoms with E-state index < -0.39 is 28.7 Å².